The average molecular weight is 256 g/mol. The van der Waals surface area contributed by atoms with E-state index in [1.807, 2.05) is 13.8 Å². The summed E-state index contributed by atoms with van der Waals surface area (Å²) in [6, 6.07) is 0. The van der Waals surface area contributed by atoms with E-state index in [1.54, 1.807) is 5.38 Å². The lowest BCUT2D eigenvalue weighted by Gasteiger charge is -2.05. The fourth-order valence-corrected chi connectivity index (χ4v) is 1.89. The molecule has 0 radical (unpaired) electrons. The van der Waals surface area contributed by atoms with Gasteiger partial charge in [-0.3, -0.25) is 4.79 Å². The molecule has 1 aromatic heterocycles. The van der Waals surface area contributed by atoms with Gasteiger partial charge in [-0.05, 0) is 0 Å². The maximum absolute atomic E-state index is 11.3. The molecule has 0 saturated heterocycles. The number of carbonyl (C=O) groups excluding carboxylic acids is 2. The first kappa shape index (κ1) is 13.6. The number of hydrogen-bond donors (Lipinski definition) is 1. The number of ether oxygens (including phenoxy) is 1. The summed E-state index contributed by atoms with van der Waals surface area (Å²) >= 11 is 1.39. The molecule has 0 bridgehead atoms. The maximum Gasteiger partial charge on any atom is 0.357 e. The van der Waals surface area contributed by atoms with Gasteiger partial charge in [-0.25, -0.2) is 9.78 Å². The average Bonchev–Trinajstić information content (AvgIpc) is 2.76. The third-order valence-electron chi connectivity index (χ3n) is 2.11. The van der Waals surface area contributed by atoms with Gasteiger partial charge in [0.1, 0.15) is 0 Å². The van der Waals surface area contributed by atoms with Crippen LogP contribution in [0.25, 0.3) is 0 Å². The van der Waals surface area contributed by atoms with Gasteiger partial charge in [0.25, 0.3) is 0 Å². The summed E-state index contributed by atoms with van der Waals surface area (Å²) in [5.41, 5.74) is 0.322. The molecule has 0 aromatic carbocycles. The number of nitrogens with zero attached hydrogens (tertiary/aromatic N) is 1. The number of thiazole rings is 1. The Morgan fingerprint density at radius 2 is 2.24 bits per heavy atom. The maximum atomic E-state index is 11.3. The van der Waals surface area contributed by atoms with Crippen molar-refractivity contribution in [1.82, 2.24) is 10.3 Å². The van der Waals surface area contributed by atoms with Crippen molar-refractivity contribution in [1.29, 1.82) is 0 Å². The third-order valence-corrected chi connectivity index (χ3v) is 3.02. The zero-order valence-electron chi connectivity index (χ0n) is 10.1. The van der Waals surface area contributed by atoms with Gasteiger partial charge < -0.3 is 10.1 Å². The van der Waals surface area contributed by atoms with Crippen LogP contribution in [0, 0.1) is 5.92 Å². The van der Waals surface area contributed by atoms with Crippen molar-refractivity contribution in [2.45, 2.75) is 20.3 Å². The van der Waals surface area contributed by atoms with E-state index in [9.17, 15) is 9.59 Å². The first-order chi connectivity index (χ1) is 8.04. The van der Waals surface area contributed by atoms with Gasteiger partial charge in [0.2, 0.25) is 5.91 Å². The number of hydrogen-bond acceptors (Lipinski definition) is 5. The van der Waals surface area contributed by atoms with E-state index in [4.69, 9.17) is 0 Å². The predicted octanol–water partition coefficient (Wildman–Crippen LogP) is 1.24. The summed E-state index contributed by atoms with van der Waals surface area (Å²) in [6.07, 6.45) is 0.625. The second kappa shape index (κ2) is 6.34. The van der Waals surface area contributed by atoms with Crippen LogP contribution in [0.2, 0.25) is 0 Å². The number of amides is 1. The summed E-state index contributed by atoms with van der Waals surface area (Å²) < 4.78 is 4.56. The number of aromatic nitrogens is 1. The number of methoxy groups -OCH3 is 1. The third kappa shape index (κ3) is 4.14. The molecule has 17 heavy (non-hydrogen) atoms. The topological polar surface area (TPSA) is 68.3 Å². The van der Waals surface area contributed by atoms with Gasteiger partial charge in [0, 0.05) is 24.3 Å². The Bertz CT molecular complexity index is 401. The molecule has 0 atom stereocenters. The van der Waals surface area contributed by atoms with E-state index < -0.39 is 5.97 Å². The number of esters is 1. The molecule has 0 aliphatic heterocycles. The second-order valence-electron chi connectivity index (χ2n) is 3.81. The van der Waals surface area contributed by atoms with E-state index in [1.165, 1.54) is 18.4 Å². The molecular weight excluding hydrogens is 240 g/mol. The minimum Gasteiger partial charge on any atom is -0.464 e. The van der Waals surface area contributed by atoms with Crippen LogP contribution in [0.3, 0.4) is 0 Å². The lowest BCUT2D eigenvalue weighted by molar-refractivity contribution is -0.123. The van der Waals surface area contributed by atoms with Crippen molar-refractivity contribution in [2.24, 2.45) is 5.92 Å². The summed E-state index contributed by atoms with van der Waals surface area (Å²) in [4.78, 5) is 26.6. The summed E-state index contributed by atoms with van der Waals surface area (Å²) in [5.74, 6) is -0.426. The standard InChI is InChI=1S/C11H16N2O3S/c1-7(2)10(14)12-5-4-9-13-8(6-17-9)11(15)16-3/h6-7H,4-5H2,1-3H3,(H,12,14). The summed E-state index contributed by atoms with van der Waals surface area (Å²) in [6.45, 7) is 4.22. The molecule has 0 saturated carbocycles. The Morgan fingerprint density at radius 1 is 1.53 bits per heavy atom. The molecule has 5 nitrogen and oxygen atoms in total. The smallest absolute Gasteiger partial charge is 0.357 e. The number of carbonyl (C=O) groups is 2. The molecule has 6 heteroatoms. The highest BCUT2D eigenvalue weighted by Gasteiger charge is 2.11. The normalized spacial score (nSPS) is 10.4. The molecule has 1 aromatic rings. The first-order valence-corrected chi connectivity index (χ1v) is 6.23. The number of nitrogens with one attached hydrogen (secondary N) is 1. The van der Waals surface area contributed by atoms with Crippen LogP contribution in [-0.4, -0.2) is 30.5 Å². The Hall–Kier alpha value is -1.43. The monoisotopic (exact) mass is 256 g/mol. The van der Waals surface area contributed by atoms with Crippen molar-refractivity contribution in [3.05, 3.63) is 16.1 Å². The molecule has 1 heterocycles. The van der Waals surface area contributed by atoms with Crippen LogP contribution in [0.4, 0.5) is 0 Å². The predicted molar refractivity (Wildman–Crippen MR) is 65.0 cm³/mol. The molecule has 0 fully saturated rings. The van der Waals surface area contributed by atoms with Gasteiger partial charge in [-0.1, -0.05) is 13.8 Å². The highest BCUT2D eigenvalue weighted by atomic mass is 32.1. The van der Waals surface area contributed by atoms with Crippen LogP contribution in [0.15, 0.2) is 5.38 Å². The summed E-state index contributed by atoms with van der Waals surface area (Å²) in [5, 5.41) is 5.27. The highest BCUT2D eigenvalue weighted by molar-refractivity contribution is 7.09. The molecule has 1 rings (SSSR count). The Labute approximate surface area is 104 Å². The van der Waals surface area contributed by atoms with Crippen LogP contribution in [0.5, 0.6) is 0 Å². The van der Waals surface area contributed by atoms with Crippen LogP contribution in [0.1, 0.15) is 29.3 Å². The van der Waals surface area contributed by atoms with Gasteiger partial charge in [0.15, 0.2) is 5.69 Å². The van der Waals surface area contributed by atoms with Crippen LogP contribution < -0.4 is 5.32 Å². The molecule has 0 spiro atoms. The van der Waals surface area contributed by atoms with Crippen LogP contribution >= 0.6 is 11.3 Å². The minimum absolute atomic E-state index is 0.0167. The zero-order chi connectivity index (χ0) is 12.8. The van der Waals surface area contributed by atoms with E-state index in [0.717, 1.165) is 5.01 Å². The Kier molecular flexibility index (Phi) is 5.09. The molecule has 0 unspecified atom stereocenters. The van der Waals surface area contributed by atoms with Gasteiger partial charge in [0.05, 0.1) is 12.1 Å². The highest BCUT2D eigenvalue weighted by Crippen LogP contribution is 2.10. The molecule has 94 valence electrons. The van der Waals surface area contributed by atoms with E-state index in [0.29, 0.717) is 18.7 Å². The molecule has 0 aliphatic carbocycles. The van der Waals surface area contributed by atoms with Crippen molar-refractivity contribution in [3.8, 4) is 0 Å². The largest absolute Gasteiger partial charge is 0.464 e. The lowest BCUT2D eigenvalue weighted by atomic mass is 10.2. The fraction of sp³-hybridized carbons (Fsp3) is 0.545. The molecule has 1 N–H and O–H groups in total. The number of rotatable bonds is 5. The fourth-order valence-electron chi connectivity index (χ4n) is 1.12. The van der Waals surface area contributed by atoms with Gasteiger partial charge >= 0.3 is 5.97 Å². The lowest BCUT2D eigenvalue weighted by Crippen LogP contribution is -2.29. The van der Waals surface area contributed by atoms with E-state index in [2.05, 4.69) is 15.0 Å². The Balaban J connectivity index is 2.40. The van der Waals surface area contributed by atoms with Gasteiger partial charge in [-0.15, -0.1) is 11.3 Å². The zero-order valence-corrected chi connectivity index (χ0v) is 11.0. The van der Waals surface area contributed by atoms with E-state index in [-0.39, 0.29) is 11.8 Å². The quantitative estimate of drug-likeness (QED) is 0.805. The first-order valence-electron chi connectivity index (χ1n) is 5.35. The van der Waals surface area contributed by atoms with Crippen molar-refractivity contribution >= 4 is 23.2 Å². The second-order valence-corrected chi connectivity index (χ2v) is 4.76. The van der Waals surface area contributed by atoms with Crippen molar-refractivity contribution in [2.75, 3.05) is 13.7 Å². The Morgan fingerprint density at radius 3 is 2.82 bits per heavy atom. The van der Waals surface area contributed by atoms with Crippen LogP contribution in [-0.2, 0) is 16.0 Å². The molecular formula is C11H16N2O3S. The van der Waals surface area contributed by atoms with Gasteiger partial charge in [-0.2, -0.15) is 0 Å². The van der Waals surface area contributed by atoms with Crippen molar-refractivity contribution < 1.29 is 14.3 Å². The summed E-state index contributed by atoms with van der Waals surface area (Å²) in [7, 11) is 1.32. The van der Waals surface area contributed by atoms with E-state index >= 15 is 0 Å². The minimum atomic E-state index is -0.432. The SMILES string of the molecule is COC(=O)c1csc(CCNC(=O)C(C)C)n1. The molecule has 0 aliphatic rings. The molecule has 1 amide bonds. The van der Waals surface area contributed by atoms with Crippen molar-refractivity contribution in [3.63, 3.8) is 0 Å².